The molecule has 6 heteroatoms. The number of pyridine rings is 1. The van der Waals surface area contributed by atoms with E-state index in [4.69, 9.17) is 5.73 Å². The van der Waals surface area contributed by atoms with Crippen molar-refractivity contribution in [1.29, 1.82) is 0 Å². The van der Waals surface area contributed by atoms with Crippen LogP contribution in [-0.4, -0.2) is 18.1 Å². The van der Waals surface area contributed by atoms with E-state index in [9.17, 15) is 13.6 Å². The van der Waals surface area contributed by atoms with E-state index < -0.39 is 17.6 Å². The van der Waals surface area contributed by atoms with Gasteiger partial charge in [-0.15, -0.1) is 0 Å². The molecule has 0 saturated heterocycles. The second-order valence-electron chi connectivity index (χ2n) is 3.75. The molecule has 0 aliphatic rings. The number of aromatic nitrogens is 1. The van der Waals surface area contributed by atoms with Crippen LogP contribution in [0.25, 0.3) is 11.1 Å². The van der Waals surface area contributed by atoms with Crippen molar-refractivity contribution in [3.63, 3.8) is 0 Å². The summed E-state index contributed by atoms with van der Waals surface area (Å²) in [6.07, 6.45) is 1.24. The average molecular weight is 264 g/mol. The van der Waals surface area contributed by atoms with Crippen LogP contribution in [0.15, 0.2) is 30.5 Å². The van der Waals surface area contributed by atoms with E-state index in [1.165, 1.54) is 31.5 Å². The summed E-state index contributed by atoms with van der Waals surface area (Å²) in [5.41, 5.74) is 5.92. The van der Waals surface area contributed by atoms with Crippen molar-refractivity contribution >= 4 is 11.7 Å². The number of hydrogen-bond acceptors (Lipinski definition) is 4. The maximum Gasteiger partial charge on any atom is 0.358 e. The minimum Gasteiger partial charge on any atom is -0.464 e. The number of nitrogens with two attached hydrogens (primary N) is 1. The van der Waals surface area contributed by atoms with Crippen LogP contribution in [0.4, 0.5) is 14.5 Å². The van der Waals surface area contributed by atoms with E-state index >= 15 is 0 Å². The molecule has 0 fully saturated rings. The van der Waals surface area contributed by atoms with E-state index in [0.717, 1.165) is 6.07 Å². The lowest BCUT2D eigenvalue weighted by atomic mass is 10.1. The fraction of sp³-hybridized carbons (Fsp3) is 0.0769. The molecule has 19 heavy (non-hydrogen) atoms. The molecular weight excluding hydrogens is 254 g/mol. The normalized spacial score (nSPS) is 10.3. The van der Waals surface area contributed by atoms with E-state index in [1.807, 2.05) is 0 Å². The summed E-state index contributed by atoms with van der Waals surface area (Å²) in [5, 5.41) is 0. The predicted octanol–water partition coefficient (Wildman–Crippen LogP) is 2.40. The molecule has 0 aliphatic heterocycles. The number of anilines is 1. The maximum absolute atomic E-state index is 13.6. The summed E-state index contributed by atoms with van der Waals surface area (Å²) < 4.78 is 31.2. The monoisotopic (exact) mass is 264 g/mol. The molecule has 0 radical (unpaired) electrons. The first kappa shape index (κ1) is 12.9. The van der Waals surface area contributed by atoms with Crippen molar-refractivity contribution in [2.24, 2.45) is 0 Å². The predicted molar refractivity (Wildman–Crippen MR) is 65.3 cm³/mol. The molecule has 0 spiro atoms. The highest BCUT2D eigenvalue weighted by Gasteiger charge is 2.15. The van der Waals surface area contributed by atoms with E-state index in [2.05, 4.69) is 9.72 Å². The number of hydrogen-bond donors (Lipinski definition) is 1. The number of benzene rings is 1. The van der Waals surface area contributed by atoms with Crippen LogP contribution in [0, 0.1) is 11.6 Å². The number of rotatable bonds is 2. The number of esters is 1. The Kier molecular flexibility index (Phi) is 3.41. The van der Waals surface area contributed by atoms with Gasteiger partial charge in [0.2, 0.25) is 0 Å². The Morgan fingerprint density at radius 3 is 2.74 bits per heavy atom. The van der Waals surface area contributed by atoms with Crippen LogP contribution in [0.1, 0.15) is 10.5 Å². The Bertz CT molecular complexity index is 645. The highest BCUT2D eigenvalue weighted by molar-refractivity contribution is 5.93. The zero-order valence-corrected chi connectivity index (χ0v) is 9.98. The third kappa shape index (κ3) is 2.37. The number of carbonyl (C=O) groups is 1. The van der Waals surface area contributed by atoms with Gasteiger partial charge in [-0.25, -0.2) is 18.6 Å². The van der Waals surface area contributed by atoms with Gasteiger partial charge in [0.1, 0.15) is 0 Å². The number of methoxy groups -OCH3 is 1. The topological polar surface area (TPSA) is 65.2 Å². The molecule has 1 aromatic carbocycles. The van der Waals surface area contributed by atoms with Gasteiger partial charge in [0.15, 0.2) is 17.3 Å². The number of nitrogens with zero attached hydrogens (tertiary/aromatic N) is 1. The minimum absolute atomic E-state index is 0.0237. The molecule has 2 N–H and O–H groups in total. The average Bonchev–Trinajstić information content (AvgIpc) is 2.41. The van der Waals surface area contributed by atoms with Gasteiger partial charge in [-0.2, -0.15) is 0 Å². The van der Waals surface area contributed by atoms with Crippen LogP contribution >= 0.6 is 0 Å². The van der Waals surface area contributed by atoms with E-state index in [1.54, 1.807) is 0 Å². The molecule has 4 nitrogen and oxygen atoms in total. The lowest BCUT2D eigenvalue weighted by Gasteiger charge is -2.07. The second-order valence-corrected chi connectivity index (χ2v) is 3.75. The van der Waals surface area contributed by atoms with Crippen LogP contribution in [-0.2, 0) is 4.74 Å². The molecular formula is C13H10F2N2O2. The molecule has 2 rings (SSSR count). The number of nitrogen functional groups attached to an aromatic ring is 1. The quantitative estimate of drug-likeness (QED) is 0.846. The summed E-state index contributed by atoms with van der Waals surface area (Å²) in [7, 11) is 1.20. The first-order valence-electron chi connectivity index (χ1n) is 5.32. The Morgan fingerprint density at radius 2 is 2.11 bits per heavy atom. The van der Waals surface area contributed by atoms with Gasteiger partial charge in [-0.1, -0.05) is 12.1 Å². The summed E-state index contributed by atoms with van der Waals surface area (Å²) in [4.78, 5) is 15.1. The van der Waals surface area contributed by atoms with Gasteiger partial charge in [-0.05, 0) is 12.1 Å². The fourth-order valence-corrected chi connectivity index (χ4v) is 1.62. The van der Waals surface area contributed by atoms with Crippen molar-refractivity contribution in [1.82, 2.24) is 4.98 Å². The first-order chi connectivity index (χ1) is 9.04. The molecule has 0 aliphatic carbocycles. The van der Waals surface area contributed by atoms with Gasteiger partial charge in [0, 0.05) is 17.3 Å². The minimum atomic E-state index is -0.991. The van der Waals surface area contributed by atoms with Crippen LogP contribution < -0.4 is 5.73 Å². The van der Waals surface area contributed by atoms with E-state index in [0.29, 0.717) is 0 Å². The van der Waals surface area contributed by atoms with Gasteiger partial charge in [0.25, 0.3) is 0 Å². The molecule has 0 bridgehead atoms. The third-order valence-electron chi connectivity index (χ3n) is 2.56. The van der Waals surface area contributed by atoms with Crippen LogP contribution in [0.3, 0.4) is 0 Å². The van der Waals surface area contributed by atoms with Crippen LogP contribution in [0.5, 0.6) is 0 Å². The Balaban J connectivity index is 2.51. The number of carbonyl (C=O) groups excluding carboxylic acids is 1. The Labute approximate surface area is 107 Å². The Hall–Kier alpha value is -2.50. The SMILES string of the molecule is COC(=O)c1ncc(-c2cccc(F)c2F)cc1N. The Morgan fingerprint density at radius 1 is 1.37 bits per heavy atom. The van der Waals surface area contributed by atoms with Crippen molar-refractivity contribution in [3.05, 3.63) is 47.8 Å². The summed E-state index contributed by atoms with van der Waals surface area (Å²) in [6.45, 7) is 0. The van der Waals surface area contributed by atoms with Gasteiger partial charge < -0.3 is 10.5 Å². The molecule has 1 heterocycles. The van der Waals surface area contributed by atoms with Gasteiger partial charge in [-0.3, -0.25) is 0 Å². The molecule has 1 aromatic heterocycles. The lowest BCUT2D eigenvalue weighted by Crippen LogP contribution is -2.08. The molecule has 98 valence electrons. The molecule has 0 atom stereocenters. The fourth-order valence-electron chi connectivity index (χ4n) is 1.62. The van der Waals surface area contributed by atoms with E-state index in [-0.39, 0.29) is 22.5 Å². The zero-order valence-electron chi connectivity index (χ0n) is 9.98. The van der Waals surface area contributed by atoms with Crippen molar-refractivity contribution in [2.45, 2.75) is 0 Å². The molecule has 0 amide bonds. The smallest absolute Gasteiger partial charge is 0.358 e. The molecule has 2 aromatic rings. The highest BCUT2D eigenvalue weighted by Crippen LogP contribution is 2.26. The maximum atomic E-state index is 13.6. The number of halogens is 2. The van der Waals surface area contributed by atoms with Crippen molar-refractivity contribution < 1.29 is 18.3 Å². The van der Waals surface area contributed by atoms with Crippen molar-refractivity contribution in [2.75, 3.05) is 12.8 Å². The van der Waals surface area contributed by atoms with Gasteiger partial charge >= 0.3 is 5.97 Å². The van der Waals surface area contributed by atoms with Crippen LogP contribution in [0.2, 0.25) is 0 Å². The largest absolute Gasteiger partial charge is 0.464 e. The molecule has 0 unspecified atom stereocenters. The van der Waals surface area contributed by atoms with Gasteiger partial charge in [0.05, 0.1) is 12.8 Å². The third-order valence-corrected chi connectivity index (χ3v) is 2.56. The zero-order chi connectivity index (χ0) is 14.0. The summed E-state index contributed by atoms with van der Waals surface area (Å²) >= 11 is 0. The lowest BCUT2D eigenvalue weighted by molar-refractivity contribution is 0.0595. The second kappa shape index (κ2) is 5.01. The first-order valence-corrected chi connectivity index (χ1v) is 5.32. The summed E-state index contributed by atoms with van der Waals surface area (Å²) in [6, 6.07) is 5.13. The molecule has 0 saturated carbocycles. The highest BCUT2D eigenvalue weighted by atomic mass is 19.2. The summed E-state index contributed by atoms with van der Waals surface area (Å²) in [5.74, 6) is -2.65. The number of ether oxygens (including phenoxy) is 1. The standard InChI is InChI=1S/C13H10F2N2O2/c1-19-13(18)12-10(16)5-7(6-17-12)8-3-2-4-9(14)11(8)15/h2-6H,16H2,1H3. The van der Waals surface area contributed by atoms with Crippen molar-refractivity contribution in [3.8, 4) is 11.1 Å².